The van der Waals surface area contributed by atoms with Crippen LogP contribution in [0.3, 0.4) is 0 Å². The molecule has 1 amide bonds. The smallest absolute Gasteiger partial charge is 0.253 e. The van der Waals surface area contributed by atoms with Crippen LogP contribution >= 0.6 is 11.6 Å². The molecule has 112 valence electrons. The quantitative estimate of drug-likeness (QED) is 0.779. The minimum Gasteiger partial charge on any atom is -0.384 e. The molecule has 0 aliphatic rings. The first-order valence-electron chi connectivity index (χ1n) is 7.25. The van der Waals surface area contributed by atoms with Gasteiger partial charge < -0.3 is 10.6 Å². The molecule has 0 heterocycles. The summed E-state index contributed by atoms with van der Waals surface area (Å²) in [5, 5.41) is 6.92. The molecule has 0 atom stereocenters. The number of benzene rings is 1. The van der Waals surface area contributed by atoms with Crippen LogP contribution < -0.4 is 10.6 Å². The van der Waals surface area contributed by atoms with Crippen molar-refractivity contribution in [3.05, 3.63) is 28.8 Å². The first kappa shape index (κ1) is 16.8. The largest absolute Gasteiger partial charge is 0.384 e. The number of nitrogens with one attached hydrogen (secondary N) is 2. The molecule has 0 radical (unpaired) electrons. The van der Waals surface area contributed by atoms with Crippen molar-refractivity contribution in [3.63, 3.8) is 0 Å². The van der Waals surface area contributed by atoms with E-state index in [1.165, 1.54) is 0 Å². The molecule has 20 heavy (non-hydrogen) atoms. The third kappa shape index (κ3) is 5.04. The third-order valence-electron chi connectivity index (χ3n) is 3.12. The summed E-state index contributed by atoms with van der Waals surface area (Å²) in [6.45, 7) is 9.12. The van der Waals surface area contributed by atoms with Gasteiger partial charge in [-0.3, -0.25) is 4.79 Å². The summed E-state index contributed by atoms with van der Waals surface area (Å²) in [5.41, 5.74) is 1.23. The highest BCUT2D eigenvalue weighted by Crippen LogP contribution is 2.22. The van der Waals surface area contributed by atoms with Crippen molar-refractivity contribution in [1.29, 1.82) is 0 Å². The Morgan fingerprint density at radius 1 is 1.25 bits per heavy atom. The van der Waals surface area contributed by atoms with E-state index in [4.69, 9.17) is 11.6 Å². The molecule has 0 aliphatic carbocycles. The summed E-state index contributed by atoms with van der Waals surface area (Å²) in [5.74, 6) is -0.0791. The Morgan fingerprint density at radius 2 is 1.95 bits per heavy atom. The number of anilines is 1. The fraction of sp³-hybridized carbons (Fsp3) is 0.562. The Morgan fingerprint density at radius 3 is 2.55 bits per heavy atom. The Bertz CT molecular complexity index is 458. The first-order chi connectivity index (χ1) is 9.39. The number of carbonyl (C=O) groups is 1. The third-order valence-corrected chi connectivity index (χ3v) is 3.35. The van der Waals surface area contributed by atoms with Gasteiger partial charge in [-0.1, -0.05) is 31.9 Å². The van der Waals surface area contributed by atoms with Crippen LogP contribution in [0.1, 0.15) is 57.3 Å². The van der Waals surface area contributed by atoms with Crippen molar-refractivity contribution in [1.82, 2.24) is 5.32 Å². The van der Waals surface area contributed by atoms with Gasteiger partial charge in [-0.05, 0) is 44.9 Å². The van der Waals surface area contributed by atoms with E-state index in [2.05, 4.69) is 24.5 Å². The molecule has 0 aliphatic heterocycles. The fourth-order valence-electron chi connectivity index (χ4n) is 2.18. The van der Waals surface area contributed by atoms with Crippen LogP contribution in [0.4, 0.5) is 5.69 Å². The van der Waals surface area contributed by atoms with Gasteiger partial charge in [0.25, 0.3) is 5.91 Å². The summed E-state index contributed by atoms with van der Waals surface area (Å²) in [4.78, 5) is 12.5. The number of hydrogen-bond acceptors (Lipinski definition) is 2. The number of amides is 1. The normalized spacial score (nSPS) is 11.2. The maximum absolute atomic E-state index is 12.5. The lowest BCUT2D eigenvalue weighted by Crippen LogP contribution is -2.43. The van der Waals surface area contributed by atoms with Crippen molar-refractivity contribution in [2.24, 2.45) is 0 Å². The van der Waals surface area contributed by atoms with Crippen molar-refractivity contribution in [3.8, 4) is 0 Å². The zero-order chi connectivity index (χ0) is 15.2. The Kier molecular flexibility index (Phi) is 6.34. The molecule has 0 saturated carbocycles. The number of halogens is 1. The topological polar surface area (TPSA) is 41.1 Å². The number of carbonyl (C=O) groups excluding carboxylic acids is 1. The molecule has 1 aromatic rings. The van der Waals surface area contributed by atoms with Gasteiger partial charge in [0.05, 0.1) is 5.56 Å². The van der Waals surface area contributed by atoms with E-state index in [9.17, 15) is 4.79 Å². The Hall–Kier alpha value is -1.22. The molecular weight excluding hydrogens is 272 g/mol. The molecule has 1 aromatic carbocycles. The van der Waals surface area contributed by atoms with E-state index in [-0.39, 0.29) is 11.4 Å². The second-order valence-electron chi connectivity index (χ2n) is 5.70. The summed E-state index contributed by atoms with van der Waals surface area (Å²) >= 11 is 6.02. The summed E-state index contributed by atoms with van der Waals surface area (Å²) in [6.07, 6.45) is 2.98. The average molecular weight is 297 g/mol. The van der Waals surface area contributed by atoms with Crippen LogP contribution in [0.15, 0.2) is 18.2 Å². The summed E-state index contributed by atoms with van der Waals surface area (Å²) in [6, 6.07) is 5.38. The van der Waals surface area contributed by atoms with Crippen molar-refractivity contribution < 1.29 is 4.79 Å². The molecular formula is C16H25ClN2O. The van der Waals surface area contributed by atoms with E-state index in [1.54, 1.807) is 12.1 Å². The van der Waals surface area contributed by atoms with E-state index in [0.29, 0.717) is 10.6 Å². The van der Waals surface area contributed by atoms with Crippen molar-refractivity contribution >= 4 is 23.2 Å². The highest BCUT2D eigenvalue weighted by Gasteiger charge is 2.21. The van der Waals surface area contributed by atoms with Gasteiger partial charge in [0, 0.05) is 22.8 Å². The Labute approximate surface area is 127 Å². The van der Waals surface area contributed by atoms with Gasteiger partial charge in [-0.25, -0.2) is 0 Å². The number of rotatable bonds is 7. The molecule has 0 spiro atoms. The standard InChI is InChI=1S/C16H25ClN2O/c1-5-9-16(3,4)19-15(20)13-11-12(17)7-8-14(13)18-10-6-2/h7-8,11,18H,5-6,9-10H2,1-4H3,(H,19,20). The highest BCUT2D eigenvalue weighted by atomic mass is 35.5. The van der Waals surface area contributed by atoms with E-state index >= 15 is 0 Å². The van der Waals surface area contributed by atoms with Crippen LogP contribution in [0.5, 0.6) is 0 Å². The van der Waals surface area contributed by atoms with Gasteiger partial charge in [0.2, 0.25) is 0 Å². The second-order valence-corrected chi connectivity index (χ2v) is 6.14. The van der Waals surface area contributed by atoms with Crippen LogP contribution in [0.2, 0.25) is 5.02 Å². The lowest BCUT2D eigenvalue weighted by atomic mass is 9.98. The maximum Gasteiger partial charge on any atom is 0.253 e. The van der Waals surface area contributed by atoms with Crippen LogP contribution in [-0.4, -0.2) is 18.0 Å². The van der Waals surface area contributed by atoms with E-state index < -0.39 is 0 Å². The average Bonchev–Trinajstić information content (AvgIpc) is 2.36. The predicted octanol–water partition coefficient (Wildman–Crippen LogP) is 4.47. The van der Waals surface area contributed by atoms with E-state index in [1.807, 2.05) is 19.9 Å². The minimum absolute atomic E-state index is 0.0791. The molecule has 4 heteroatoms. The van der Waals surface area contributed by atoms with Gasteiger partial charge in [-0.15, -0.1) is 0 Å². The first-order valence-corrected chi connectivity index (χ1v) is 7.63. The molecule has 1 rings (SSSR count). The monoisotopic (exact) mass is 296 g/mol. The predicted molar refractivity (Wildman–Crippen MR) is 86.7 cm³/mol. The molecule has 0 aromatic heterocycles. The molecule has 0 unspecified atom stereocenters. The molecule has 0 saturated heterocycles. The van der Waals surface area contributed by atoms with Gasteiger partial charge >= 0.3 is 0 Å². The number of hydrogen-bond donors (Lipinski definition) is 2. The molecule has 0 bridgehead atoms. The fourth-order valence-corrected chi connectivity index (χ4v) is 2.35. The minimum atomic E-state index is -0.212. The second kappa shape index (κ2) is 7.53. The summed E-state index contributed by atoms with van der Waals surface area (Å²) < 4.78 is 0. The van der Waals surface area contributed by atoms with Gasteiger partial charge in [0.15, 0.2) is 0 Å². The SMILES string of the molecule is CCCNc1ccc(Cl)cc1C(=O)NC(C)(C)CCC. The maximum atomic E-state index is 12.5. The van der Waals surface area contributed by atoms with Crippen LogP contribution in [-0.2, 0) is 0 Å². The van der Waals surface area contributed by atoms with Gasteiger partial charge in [-0.2, -0.15) is 0 Å². The molecule has 2 N–H and O–H groups in total. The lowest BCUT2D eigenvalue weighted by Gasteiger charge is -2.26. The van der Waals surface area contributed by atoms with Crippen molar-refractivity contribution in [2.45, 2.75) is 52.5 Å². The zero-order valence-electron chi connectivity index (χ0n) is 12.8. The Balaban J connectivity index is 2.93. The molecule has 0 fully saturated rings. The molecule has 3 nitrogen and oxygen atoms in total. The highest BCUT2D eigenvalue weighted by molar-refractivity contribution is 6.31. The summed E-state index contributed by atoms with van der Waals surface area (Å²) in [7, 11) is 0. The van der Waals surface area contributed by atoms with E-state index in [0.717, 1.165) is 31.5 Å². The van der Waals surface area contributed by atoms with Crippen LogP contribution in [0, 0.1) is 0 Å². The van der Waals surface area contributed by atoms with Crippen LogP contribution in [0.25, 0.3) is 0 Å². The zero-order valence-corrected chi connectivity index (χ0v) is 13.6. The van der Waals surface area contributed by atoms with Gasteiger partial charge in [0.1, 0.15) is 0 Å². The lowest BCUT2D eigenvalue weighted by molar-refractivity contribution is 0.0910. The van der Waals surface area contributed by atoms with Crippen molar-refractivity contribution in [2.75, 3.05) is 11.9 Å².